The molecule has 1 atom stereocenters. The number of amides is 1. The highest BCUT2D eigenvalue weighted by molar-refractivity contribution is 7.99. The van der Waals surface area contributed by atoms with Gasteiger partial charge in [0.05, 0.1) is 16.8 Å². The molecule has 0 aromatic carbocycles. The van der Waals surface area contributed by atoms with Crippen molar-refractivity contribution in [2.45, 2.75) is 68.0 Å². The molecule has 1 saturated carbocycles. The smallest absolute Gasteiger partial charge is 0.244 e. The molecule has 170 valence electrons. The van der Waals surface area contributed by atoms with Crippen molar-refractivity contribution in [2.24, 2.45) is 5.92 Å². The summed E-state index contributed by atoms with van der Waals surface area (Å²) in [4.78, 5) is 18.1. The predicted octanol–water partition coefficient (Wildman–Crippen LogP) is 4.70. The number of nitrogens with one attached hydrogen (secondary N) is 1. The van der Waals surface area contributed by atoms with E-state index in [0.29, 0.717) is 5.03 Å². The van der Waals surface area contributed by atoms with Gasteiger partial charge in [0.15, 0.2) is 0 Å². The molecule has 0 spiro atoms. The first-order chi connectivity index (χ1) is 14.8. The molecule has 1 N–H and O–H groups in total. The second kappa shape index (κ2) is 10.9. The van der Waals surface area contributed by atoms with Crippen LogP contribution in [-0.4, -0.2) is 42.5 Å². The number of aromatic nitrogens is 1. The number of carbonyl (C=O) groups is 1. The first kappa shape index (κ1) is 24.2. The van der Waals surface area contributed by atoms with Gasteiger partial charge >= 0.3 is 0 Å². The first-order valence-electron chi connectivity index (χ1n) is 10.7. The van der Waals surface area contributed by atoms with Gasteiger partial charge in [-0.25, -0.2) is 13.4 Å². The van der Waals surface area contributed by atoms with Crippen molar-refractivity contribution in [3.63, 3.8) is 0 Å². The molecule has 31 heavy (non-hydrogen) atoms. The average Bonchev–Trinajstić information content (AvgIpc) is 3.30. The summed E-state index contributed by atoms with van der Waals surface area (Å²) < 4.78 is 27.3. The van der Waals surface area contributed by atoms with Crippen molar-refractivity contribution in [3.05, 3.63) is 40.7 Å². The van der Waals surface area contributed by atoms with Gasteiger partial charge in [-0.1, -0.05) is 50.9 Å². The van der Waals surface area contributed by atoms with E-state index in [9.17, 15) is 13.2 Å². The van der Waals surface area contributed by atoms with Gasteiger partial charge in [0.25, 0.3) is 0 Å². The van der Waals surface area contributed by atoms with E-state index in [-0.39, 0.29) is 34.6 Å². The molecule has 0 saturated heterocycles. The molecule has 6 nitrogen and oxygen atoms in total. The van der Waals surface area contributed by atoms with Gasteiger partial charge in [0, 0.05) is 24.2 Å². The minimum absolute atomic E-state index is 0.0103. The van der Waals surface area contributed by atoms with Crippen LogP contribution in [0.5, 0.6) is 0 Å². The maximum Gasteiger partial charge on any atom is 0.244 e. The molecule has 0 aliphatic heterocycles. The van der Waals surface area contributed by atoms with E-state index in [0.717, 1.165) is 30.6 Å². The van der Waals surface area contributed by atoms with E-state index in [1.807, 2.05) is 17.5 Å². The molecular formula is C22H31N3O3S3. The zero-order valence-corrected chi connectivity index (χ0v) is 20.7. The topological polar surface area (TPSA) is 79.4 Å². The quantitative estimate of drug-likeness (QED) is 0.525. The lowest BCUT2D eigenvalue weighted by molar-refractivity contribution is -0.119. The largest absolute Gasteiger partial charge is 0.347 e. The summed E-state index contributed by atoms with van der Waals surface area (Å²) in [6.07, 6.45) is 6.55. The average molecular weight is 482 g/mol. The van der Waals surface area contributed by atoms with E-state index in [4.69, 9.17) is 0 Å². The number of carbonyl (C=O) groups excluding carboxylic acids is 1. The van der Waals surface area contributed by atoms with Crippen LogP contribution in [0.1, 0.15) is 56.9 Å². The maximum absolute atomic E-state index is 12.9. The third kappa shape index (κ3) is 6.31. The van der Waals surface area contributed by atoms with Crippen LogP contribution in [0.4, 0.5) is 0 Å². The van der Waals surface area contributed by atoms with Crippen molar-refractivity contribution < 1.29 is 13.2 Å². The Hall–Kier alpha value is -1.42. The number of thiophene rings is 1. The van der Waals surface area contributed by atoms with Gasteiger partial charge in [0.1, 0.15) is 4.90 Å². The fourth-order valence-corrected chi connectivity index (χ4v) is 6.77. The Bertz CT molecular complexity index is 938. The molecule has 1 fully saturated rings. The van der Waals surface area contributed by atoms with Crippen molar-refractivity contribution in [2.75, 3.05) is 12.8 Å². The van der Waals surface area contributed by atoms with Crippen LogP contribution in [0.2, 0.25) is 0 Å². The Morgan fingerprint density at radius 2 is 2.00 bits per heavy atom. The molecular weight excluding hydrogens is 450 g/mol. The van der Waals surface area contributed by atoms with Crippen molar-refractivity contribution in [1.82, 2.24) is 14.6 Å². The van der Waals surface area contributed by atoms with Crippen LogP contribution >= 0.6 is 23.1 Å². The zero-order chi connectivity index (χ0) is 22.4. The highest BCUT2D eigenvalue weighted by atomic mass is 32.2. The third-order valence-electron chi connectivity index (χ3n) is 5.66. The van der Waals surface area contributed by atoms with Gasteiger partial charge in [-0.3, -0.25) is 4.79 Å². The van der Waals surface area contributed by atoms with Crippen LogP contribution in [0, 0.1) is 5.92 Å². The number of rotatable bonds is 9. The summed E-state index contributed by atoms with van der Waals surface area (Å²) in [5, 5.41) is 5.74. The number of hydrogen-bond donors (Lipinski definition) is 1. The number of thioether (sulfide) groups is 1. The first-order valence-corrected chi connectivity index (χ1v) is 14.0. The van der Waals surface area contributed by atoms with E-state index < -0.39 is 10.0 Å². The van der Waals surface area contributed by atoms with Crippen LogP contribution in [0.15, 0.2) is 45.8 Å². The molecule has 3 rings (SSSR count). The molecule has 0 unspecified atom stereocenters. The molecule has 0 bridgehead atoms. The Kier molecular flexibility index (Phi) is 8.55. The van der Waals surface area contributed by atoms with Crippen molar-refractivity contribution in [3.8, 4) is 0 Å². The maximum atomic E-state index is 12.9. The standard InChI is InChI=1S/C22H31N3O3S3/c1-16(2)22(19-10-7-13-29-19)24-20(26)15-30-21-12-11-18(14-23-21)31(27,28)25(3)17-8-5-4-6-9-17/h7,10-14,16-17,22H,4-6,8-9,15H2,1-3H3,(H,24,26)/t22-/m0/s1. The number of pyridine rings is 1. The SMILES string of the molecule is CC(C)[C@H](NC(=O)CSc1ccc(S(=O)(=O)N(C)C2CCCCC2)cn1)c1cccs1. The minimum atomic E-state index is -3.55. The van der Waals surface area contributed by atoms with Crippen LogP contribution in [0.3, 0.4) is 0 Å². The molecule has 1 aliphatic rings. The Morgan fingerprint density at radius 1 is 1.26 bits per heavy atom. The molecule has 1 aliphatic carbocycles. The minimum Gasteiger partial charge on any atom is -0.347 e. The number of hydrogen-bond acceptors (Lipinski definition) is 6. The monoisotopic (exact) mass is 481 g/mol. The zero-order valence-electron chi connectivity index (χ0n) is 18.3. The summed E-state index contributed by atoms with van der Waals surface area (Å²) >= 11 is 2.94. The van der Waals surface area contributed by atoms with E-state index in [1.54, 1.807) is 30.5 Å². The second-order valence-corrected chi connectivity index (χ2v) is 12.2. The molecule has 0 radical (unpaired) electrons. The lowest BCUT2D eigenvalue weighted by Crippen LogP contribution is -2.38. The Labute approximate surface area is 193 Å². The lowest BCUT2D eigenvalue weighted by atomic mass is 9.96. The summed E-state index contributed by atoms with van der Waals surface area (Å²) in [5.74, 6) is 0.458. The normalized spacial score (nSPS) is 16.5. The summed E-state index contributed by atoms with van der Waals surface area (Å²) in [7, 11) is -1.89. The van der Waals surface area contributed by atoms with Gasteiger partial charge in [0.2, 0.25) is 15.9 Å². The highest BCUT2D eigenvalue weighted by Gasteiger charge is 2.29. The summed E-state index contributed by atoms with van der Waals surface area (Å²) in [6, 6.07) is 7.34. The van der Waals surface area contributed by atoms with Crippen molar-refractivity contribution in [1.29, 1.82) is 0 Å². The second-order valence-electron chi connectivity index (χ2n) is 8.24. The van der Waals surface area contributed by atoms with Crippen LogP contribution in [0.25, 0.3) is 0 Å². The van der Waals surface area contributed by atoms with Gasteiger partial charge in [-0.05, 0) is 42.3 Å². The van der Waals surface area contributed by atoms with Gasteiger partial charge in [-0.2, -0.15) is 4.31 Å². The van der Waals surface area contributed by atoms with Crippen LogP contribution in [-0.2, 0) is 14.8 Å². The van der Waals surface area contributed by atoms with Gasteiger partial charge < -0.3 is 5.32 Å². The van der Waals surface area contributed by atoms with E-state index in [2.05, 4.69) is 24.1 Å². The van der Waals surface area contributed by atoms with E-state index >= 15 is 0 Å². The molecule has 1 amide bonds. The number of nitrogens with zero attached hydrogens (tertiary/aromatic N) is 2. The molecule has 2 aromatic heterocycles. The third-order valence-corrected chi connectivity index (χ3v) is 9.45. The van der Waals surface area contributed by atoms with Crippen molar-refractivity contribution >= 4 is 39.0 Å². The molecule has 9 heteroatoms. The Morgan fingerprint density at radius 3 is 2.58 bits per heavy atom. The summed E-state index contributed by atoms with van der Waals surface area (Å²) in [5.41, 5.74) is 0. The summed E-state index contributed by atoms with van der Waals surface area (Å²) in [6.45, 7) is 4.17. The molecule has 2 aromatic rings. The highest BCUT2D eigenvalue weighted by Crippen LogP contribution is 2.28. The lowest BCUT2D eigenvalue weighted by Gasteiger charge is -2.30. The number of sulfonamides is 1. The fourth-order valence-electron chi connectivity index (χ4n) is 3.80. The van der Waals surface area contributed by atoms with Crippen LogP contribution < -0.4 is 5.32 Å². The van der Waals surface area contributed by atoms with Gasteiger partial charge in [-0.15, -0.1) is 11.3 Å². The van der Waals surface area contributed by atoms with E-state index in [1.165, 1.54) is 28.7 Å². The molecule has 2 heterocycles. The predicted molar refractivity (Wildman–Crippen MR) is 127 cm³/mol. The Balaban J connectivity index is 1.57. The fraction of sp³-hybridized carbons (Fsp3) is 0.545.